The summed E-state index contributed by atoms with van der Waals surface area (Å²) in [4.78, 5) is 11.5. The zero-order valence-electron chi connectivity index (χ0n) is 14.0. The van der Waals surface area contributed by atoms with Gasteiger partial charge in [0.1, 0.15) is 16.4 Å². The normalized spacial score (nSPS) is 10.9. The number of benzene rings is 2. The molecule has 0 aliphatic rings. The van der Waals surface area contributed by atoms with E-state index in [9.17, 15) is 13.2 Å². The third kappa shape index (κ3) is 5.21. The predicted molar refractivity (Wildman–Crippen MR) is 99.4 cm³/mol. The quantitative estimate of drug-likeness (QED) is 0.743. The van der Waals surface area contributed by atoms with Crippen LogP contribution >= 0.6 is 15.9 Å². The lowest BCUT2D eigenvalue weighted by atomic mass is 10.2. The van der Waals surface area contributed by atoms with Gasteiger partial charge in [0.2, 0.25) is 0 Å². The van der Waals surface area contributed by atoms with Crippen molar-refractivity contribution in [2.75, 3.05) is 0 Å². The van der Waals surface area contributed by atoms with E-state index in [0.717, 1.165) is 10.5 Å². The van der Waals surface area contributed by atoms with Crippen molar-refractivity contribution in [2.24, 2.45) is 0 Å². The number of nitrogens with zero attached hydrogens (tertiary/aromatic N) is 1. The van der Waals surface area contributed by atoms with Crippen molar-refractivity contribution in [3.8, 4) is 17.6 Å². The summed E-state index contributed by atoms with van der Waals surface area (Å²) in [5, 5.41) is 11.5. The molecule has 2 N–H and O–H groups in total. The number of amides is 2. The zero-order valence-corrected chi connectivity index (χ0v) is 16.4. The van der Waals surface area contributed by atoms with Crippen molar-refractivity contribution in [1.29, 1.82) is 5.26 Å². The van der Waals surface area contributed by atoms with Gasteiger partial charge in [-0.15, -0.1) is 0 Å². The SMILES string of the molecule is CC(C)NC(=O)NS(=O)(=O)c1cc(C#N)ccc1Oc1ccc(Br)cc1. The molecule has 0 fully saturated rings. The van der Waals surface area contributed by atoms with Crippen LogP contribution < -0.4 is 14.8 Å². The van der Waals surface area contributed by atoms with Gasteiger partial charge < -0.3 is 10.1 Å². The summed E-state index contributed by atoms with van der Waals surface area (Å²) >= 11 is 3.30. The van der Waals surface area contributed by atoms with E-state index in [1.54, 1.807) is 38.1 Å². The van der Waals surface area contributed by atoms with Crippen molar-refractivity contribution in [2.45, 2.75) is 24.8 Å². The van der Waals surface area contributed by atoms with Crippen LogP contribution in [-0.2, 0) is 10.0 Å². The van der Waals surface area contributed by atoms with Crippen molar-refractivity contribution >= 4 is 32.0 Å². The molecule has 0 spiro atoms. The highest BCUT2D eigenvalue weighted by Gasteiger charge is 2.23. The van der Waals surface area contributed by atoms with E-state index in [1.165, 1.54) is 12.1 Å². The average Bonchev–Trinajstić information content (AvgIpc) is 2.55. The average molecular weight is 438 g/mol. The zero-order chi connectivity index (χ0) is 19.3. The second-order valence-electron chi connectivity index (χ2n) is 5.56. The number of ether oxygens (including phenoxy) is 1. The molecule has 0 saturated carbocycles. The standard InChI is InChI=1S/C17H16BrN3O4S/c1-11(2)20-17(22)21-26(23,24)16-9-12(10-19)3-8-15(16)25-14-6-4-13(18)5-7-14/h3-9,11H,1-2H3,(H2,20,21,22). The lowest BCUT2D eigenvalue weighted by molar-refractivity contribution is 0.243. The van der Waals surface area contributed by atoms with Crippen LogP contribution in [-0.4, -0.2) is 20.5 Å². The molecule has 0 radical (unpaired) electrons. The molecule has 9 heteroatoms. The van der Waals surface area contributed by atoms with E-state index in [1.807, 2.05) is 10.8 Å². The number of sulfonamides is 1. The second-order valence-corrected chi connectivity index (χ2v) is 8.13. The van der Waals surface area contributed by atoms with Crippen molar-refractivity contribution < 1.29 is 17.9 Å². The fourth-order valence-electron chi connectivity index (χ4n) is 1.97. The minimum Gasteiger partial charge on any atom is -0.456 e. The highest BCUT2D eigenvalue weighted by atomic mass is 79.9. The lowest BCUT2D eigenvalue weighted by Crippen LogP contribution is -2.42. The molecule has 0 saturated heterocycles. The van der Waals surface area contributed by atoms with Crippen LogP contribution in [0.1, 0.15) is 19.4 Å². The summed E-state index contributed by atoms with van der Waals surface area (Å²) in [5.41, 5.74) is 0.123. The molecule has 7 nitrogen and oxygen atoms in total. The van der Waals surface area contributed by atoms with Gasteiger partial charge in [0.15, 0.2) is 0 Å². The number of carbonyl (C=O) groups excluding carboxylic acids is 1. The van der Waals surface area contributed by atoms with E-state index < -0.39 is 16.1 Å². The predicted octanol–water partition coefficient (Wildman–Crippen LogP) is 3.51. The topological polar surface area (TPSA) is 108 Å². The van der Waals surface area contributed by atoms with Gasteiger partial charge in [-0.05, 0) is 56.3 Å². The Bertz CT molecular complexity index is 951. The first-order valence-electron chi connectivity index (χ1n) is 7.52. The first kappa shape index (κ1) is 19.8. The number of hydrogen-bond donors (Lipinski definition) is 2. The summed E-state index contributed by atoms with van der Waals surface area (Å²) < 4.78 is 33.6. The van der Waals surface area contributed by atoms with Gasteiger partial charge >= 0.3 is 6.03 Å². The van der Waals surface area contributed by atoms with Crippen molar-refractivity contribution in [1.82, 2.24) is 10.0 Å². The highest BCUT2D eigenvalue weighted by Crippen LogP contribution is 2.30. The Morgan fingerprint density at radius 1 is 1.19 bits per heavy atom. The minimum atomic E-state index is -4.24. The van der Waals surface area contributed by atoms with Crippen LogP contribution in [0.25, 0.3) is 0 Å². The summed E-state index contributed by atoms with van der Waals surface area (Å²) in [6.45, 7) is 3.40. The molecule has 2 aromatic rings. The summed E-state index contributed by atoms with van der Waals surface area (Å²) in [5.74, 6) is 0.400. The Morgan fingerprint density at radius 3 is 2.42 bits per heavy atom. The molecule has 0 aliphatic carbocycles. The molecule has 2 rings (SSSR count). The van der Waals surface area contributed by atoms with E-state index in [4.69, 9.17) is 10.00 Å². The number of nitrogens with one attached hydrogen (secondary N) is 2. The fraction of sp³-hybridized carbons (Fsp3) is 0.176. The largest absolute Gasteiger partial charge is 0.456 e. The number of hydrogen-bond acceptors (Lipinski definition) is 5. The molecule has 0 bridgehead atoms. The Balaban J connectivity index is 2.40. The third-order valence-electron chi connectivity index (χ3n) is 3.05. The van der Waals surface area contributed by atoms with Gasteiger partial charge in [-0.2, -0.15) is 5.26 Å². The number of urea groups is 1. The van der Waals surface area contributed by atoms with Crippen LogP contribution in [0.2, 0.25) is 0 Å². The minimum absolute atomic E-state index is 0.00355. The smallest absolute Gasteiger partial charge is 0.328 e. The molecule has 0 aromatic heterocycles. The Morgan fingerprint density at radius 2 is 1.85 bits per heavy atom. The molecule has 2 aromatic carbocycles. The highest BCUT2D eigenvalue weighted by molar-refractivity contribution is 9.10. The van der Waals surface area contributed by atoms with Gasteiger partial charge in [0.05, 0.1) is 11.6 Å². The summed E-state index contributed by atoms with van der Waals surface area (Å²) in [7, 11) is -4.24. The lowest BCUT2D eigenvalue weighted by Gasteiger charge is -2.14. The van der Waals surface area contributed by atoms with E-state index in [2.05, 4.69) is 21.2 Å². The molecule has 0 aliphatic heterocycles. The Kier molecular flexibility index (Phi) is 6.23. The summed E-state index contributed by atoms with van der Waals surface area (Å²) in [6, 6.07) is 11.5. The molecule has 2 amide bonds. The maximum absolute atomic E-state index is 12.6. The van der Waals surface area contributed by atoms with Gasteiger partial charge in [-0.25, -0.2) is 17.9 Å². The van der Waals surface area contributed by atoms with Gasteiger partial charge in [0.25, 0.3) is 10.0 Å². The molecule has 0 atom stereocenters. The van der Waals surface area contributed by atoms with Crippen LogP contribution in [0.15, 0.2) is 51.8 Å². The second kappa shape index (κ2) is 8.21. The van der Waals surface area contributed by atoms with Gasteiger partial charge in [-0.3, -0.25) is 0 Å². The van der Waals surface area contributed by atoms with Crippen LogP contribution in [0.4, 0.5) is 4.79 Å². The van der Waals surface area contributed by atoms with E-state index >= 15 is 0 Å². The first-order chi connectivity index (χ1) is 12.2. The molecule has 0 heterocycles. The van der Waals surface area contributed by atoms with Crippen molar-refractivity contribution in [3.05, 3.63) is 52.5 Å². The third-order valence-corrected chi connectivity index (χ3v) is 4.93. The summed E-state index contributed by atoms with van der Waals surface area (Å²) in [6.07, 6.45) is 0. The number of nitriles is 1. The number of rotatable bonds is 5. The fourth-order valence-corrected chi connectivity index (χ4v) is 3.30. The maximum atomic E-state index is 12.6. The number of halogens is 1. The molecule has 0 unspecified atom stereocenters. The van der Waals surface area contributed by atoms with Crippen molar-refractivity contribution in [3.63, 3.8) is 0 Å². The first-order valence-corrected chi connectivity index (χ1v) is 9.80. The number of carbonyl (C=O) groups is 1. The molecular formula is C17H16BrN3O4S. The van der Waals surface area contributed by atoms with Gasteiger partial charge in [0, 0.05) is 10.5 Å². The van der Waals surface area contributed by atoms with Gasteiger partial charge in [-0.1, -0.05) is 15.9 Å². The van der Waals surface area contributed by atoms with Crippen LogP contribution in [0, 0.1) is 11.3 Å². The van der Waals surface area contributed by atoms with E-state index in [0.29, 0.717) is 5.75 Å². The van der Waals surface area contributed by atoms with E-state index in [-0.39, 0.29) is 22.3 Å². The molecular weight excluding hydrogens is 422 g/mol. The maximum Gasteiger partial charge on any atom is 0.328 e. The van der Waals surface area contributed by atoms with Crippen LogP contribution in [0.3, 0.4) is 0 Å². The molecule has 136 valence electrons. The monoisotopic (exact) mass is 437 g/mol. The molecule has 26 heavy (non-hydrogen) atoms. The Labute approximate surface area is 160 Å². The van der Waals surface area contributed by atoms with Crippen LogP contribution in [0.5, 0.6) is 11.5 Å². The Hall–Kier alpha value is -2.57.